The van der Waals surface area contributed by atoms with Gasteiger partial charge in [-0.15, -0.1) is 0 Å². The Hall–Kier alpha value is -1.82. The van der Waals surface area contributed by atoms with E-state index in [1.54, 1.807) is 6.08 Å². The first-order chi connectivity index (χ1) is 8.27. The maximum absolute atomic E-state index is 3.69. The lowest BCUT2D eigenvalue weighted by atomic mass is 10.1. The normalized spacial score (nSPS) is 12.5. The Morgan fingerprint density at radius 1 is 1.18 bits per heavy atom. The smallest absolute Gasteiger partial charge is 0.0184 e. The van der Waals surface area contributed by atoms with Crippen molar-refractivity contribution in [1.82, 2.24) is 0 Å². The number of hydrogen-bond acceptors (Lipinski definition) is 0. The zero-order valence-electron chi connectivity index (χ0n) is 10.7. The van der Waals surface area contributed by atoms with Crippen LogP contribution in [-0.4, -0.2) is 0 Å². The van der Waals surface area contributed by atoms with Crippen LogP contribution in [0.2, 0.25) is 0 Å². The van der Waals surface area contributed by atoms with Gasteiger partial charge in [0.25, 0.3) is 0 Å². The molecule has 0 spiro atoms. The fourth-order valence-corrected chi connectivity index (χ4v) is 1.60. The maximum Gasteiger partial charge on any atom is -0.0184 e. The summed E-state index contributed by atoms with van der Waals surface area (Å²) in [5.74, 6) is 0. The van der Waals surface area contributed by atoms with E-state index in [9.17, 15) is 0 Å². The van der Waals surface area contributed by atoms with Crippen LogP contribution in [0.25, 0.3) is 12.2 Å². The zero-order chi connectivity index (χ0) is 12.5. The van der Waals surface area contributed by atoms with Crippen molar-refractivity contribution in [3.8, 4) is 0 Å². The van der Waals surface area contributed by atoms with Gasteiger partial charge in [0.05, 0.1) is 0 Å². The quantitative estimate of drug-likeness (QED) is 0.599. The topological polar surface area (TPSA) is 0 Å². The van der Waals surface area contributed by atoms with Gasteiger partial charge in [-0.3, -0.25) is 0 Å². The van der Waals surface area contributed by atoms with Crippen molar-refractivity contribution in [2.24, 2.45) is 0 Å². The summed E-state index contributed by atoms with van der Waals surface area (Å²) < 4.78 is 0. The predicted octanol–water partition coefficient (Wildman–Crippen LogP) is 5.26. The molecule has 0 aromatic heterocycles. The molecule has 0 saturated heterocycles. The summed E-state index contributed by atoms with van der Waals surface area (Å²) >= 11 is 0. The van der Waals surface area contributed by atoms with Crippen LogP contribution in [0.1, 0.15) is 31.4 Å². The van der Waals surface area contributed by atoms with E-state index >= 15 is 0 Å². The molecule has 1 rings (SSSR count). The summed E-state index contributed by atoms with van der Waals surface area (Å²) in [4.78, 5) is 0. The summed E-state index contributed by atoms with van der Waals surface area (Å²) in [5.41, 5.74) is 3.75. The van der Waals surface area contributed by atoms with E-state index in [1.165, 1.54) is 16.7 Å². The van der Waals surface area contributed by atoms with Crippen molar-refractivity contribution in [2.45, 2.75) is 20.3 Å². The lowest BCUT2D eigenvalue weighted by molar-refractivity contribution is 1.20. The van der Waals surface area contributed by atoms with Crippen LogP contribution in [0.3, 0.4) is 0 Å². The van der Waals surface area contributed by atoms with Gasteiger partial charge in [-0.2, -0.15) is 0 Å². The van der Waals surface area contributed by atoms with E-state index in [2.05, 4.69) is 69.0 Å². The fraction of sp³-hybridized carbons (Fsp3) is 0.176. The van der Waals surface area contributed by atoms with Crippen molar-refractivity contribution >= 4 is 12.2 Å². The van der Waals surface area contributed by atoms with Crippen LogP contribution >= 0.6 is 0 Å². The molecule has 0 amide bonds. The van der Waals surface area contributed by atoms with Gasteiger partial charge in [-0.05, 0) is 24.5 Å². The van der Waals surface area contributed by atoms with Crippen LogP contribution in [0.5, 0.6) is 0 Å². The first-order valence-corrected chi connectivity index (χ1v) is 6.01. The molecule has 1 aromatic carbocycles. The van der Waals surface area contributed by atoms with Crippen molar-refractivity contribution < 1.29 is 0 Å². The Balaban J connectivity index is 2.94. The van der Waals surface area contributed by atoms with Gasteiger partial charge in [-0.25, -0.2) is 0 Å². The average molecular weight is 224 g/mol. The first-order valence-electron chi connectivity index (χ1n) is 6.01. The summed E-state index contributed by atoms with van der Waals surface area (Å²) in [7, 11) is 0. The van der Waals surface area contributed by atoms with E-state index in [1.807, 2.05) is 6.08 Å². The monoisotopic (exact) mass is 224 g/mol. The number of allylic oxidation sites excluding steroid dienone is 5. The molecule has 0 unspecified atom stereocenters. The molecule has 1 aromatic rings. The first kappa shape index (κ1) is 13.2. The molecule has 0 atom stereocenters. The molecule has 0 aliphatic carbocycles. The van der Waals surface area contributed by atoms with Crippen LogP contribution in [0.4, 0.5) is 0 Å². The average Bonchev–Trinajstić information content (AvgIpc) is 2.35. The van der Waals surface area contributed by atoms with Gasteiger partial charge in [-0.1, -0.05) is 79.8 Å². The molecule has 0 fully saturated rings. The molecular weight excluding hydrogens is 204 g/mol. The van der Waals surface area contributed by atoms with Gasteiger partial charge in [0, 0.05) is 0 Å². The van der Waals surface area contributed by atoms with Gasteiger partial charge in [0.1, 0.15) is 0 Å². The number of hydrogen-bond donors (Lipinski definition) is 0. The molecule has 0 aliphatic heterocycles. The molecule has 0 bridgehead atoms. The number of benzene rings is 1. The lowest BCUT2D eigenvalue weighted by Gasteiger charge is -2.00. The second-order valence-electron chi connectivity index (χ2n) is 3.91. The standard InChI is InChI=1S/C17H20/c1-4-6-10-16-11-7-8-12-17(16)14-13-15(3)9-5-2/h4,6-14H,1,5H2,2-3H3/b10-6+,14-13-,15-9+. The highest BCUT2D eigenvalue weighted by Crippen LogP contribution is 2.14. The van der Waals surface area contributed by atoms with Gasteiger partial charge < -0.3 is 0 Å². The largest absolute Gasteiger partial charge is 0.0991 e. The molecule has 0 heteroatoms. The van der Waals surface area contributed by atoms with Crippen LogP contribution in [0, 0.1) is 0 Å². The third-order valence-corrected chi connectivity index (χ3v) is 2.46. The van der Waals surface area contributed by atoms with Gasteiger partial charge in [0.15, 0.2) is 0 Å². The van der Waals surface area contributed by atoms with Crippen LogP contribution in [-0.2, 0) is 0 Å². The Morgan fingerprint density at radius 3 is 2.41 bits per heavy atom. The van der Waals surface area contributed by atoms with Crippen molar-refractivity contribution in [2.75, 3.05) is 0 Å². The predicted molar refractivity (Wildman–Crippen MR) is 78.8 cm³/mol. The van der Waals surface area contributed by atoms with Crippen molar-refractivity contribution in [1.29, 1.82) is 0 Å². The molecule has 0 saturated carbocycles. The summed E-state index contributed by atoms with van der Waals surface area (Å²) in [6.07, 6.45) is 13.4. The zero-order valence-corrected chi connectivity index (χ0v) is 10.7. The van der Waals surface area contributed by atoms with Gasteiger partial charge >= 0.3 is 0 Å². The second-order valence-corrected chi connectivity index (χ2v) is 3.91. The van der Waals surface area contributed by atoms with Crippen molar-refractivity contribution in [3.05, 3.63) is 71.8 Å². The number of rotatable bonds is 5. The van der Waals surface area contributed by atoms with E-state index < -0.39 is 0 Å². The molecule has 0 N–H and O–H groups in total. The van der Waals surface area contributed by atoms with Gasteiger partial charge in [0.2, 0.25) is 0 Å². The lowest BCUT2D eigenvalue weighted by Crippen LogP contribution is -1.79. The maximum atomic E-state index is 3.69. The van der Waals surface area contributed by atoms with E-state index in [-0.39, 0.29) is 0 Å². The molecule has 0 radical (unpaired) electrons. The second kappa shape index (κ2) is 7.45. The fourth-order valence-electron chi connectivity index (χ4n) is 1.60. The Bertz CT molecular complexity index is 445. The summed E-state index contributed by atoms with van der Waals surface area (Å²) in [6, 6.07) is 8.34. The van der Waals surface area contributed by atoms with E-state index in [0.717, 1.165) is 6.42 Å². The summed E-state index contributed by atoms with van der Waals surface area (Å²) in [5, 5.41) is 0. The van der Waals surface area contributed by atoms with E-state index in [4.69, 9.17) is 0 Å². The van der Waals surface area contributed by atoms with Crippen LogP contribution < -0.4 is 0 Å². The molecule has 0 heterocycles. The highest BCUT2D eigenvalue weighted by molar-refractivity contribution is 5.66. The molecule has 0 nitrogen and oxygen atoms in total. The van der Waals surface area contributed by atoms with E-state index in [0.29, 0.717) is 0 Å². The third kappa shape index (κ3) is 4.69. The Kier molecular flexibility index (Phi) is 5.81. The third-order valence-electron chi connectivity index (χ3n) is 2.46. The Labute approximate surface area is 105 Å². The molecule has 17 heavy (non-hydrogen) atoms. The molecule has 0 aliphatic rings. The highest BCUT2D eigenvalue weighted by Gasteiger charge is 1.93. The minimum Gasteiger partial charge on any atom is -0.0991 e. The molecule has 88 valence electrons. The minimum atomic E-state index is 1.08. The minimum absolute atomic E-state index is 1.08. The van der Waals surface area contributed by atoms with Crippen LogP contribution in [0.15, 0.2) is 60.7 Å². The molecular formula is C17H20. The Morgan fingerprint density at radius 2 is 1.82 bits per heavy atom. The summed E-state index contributed by atoms with van der Waals surface area (Å²) in [6.45, 7) is 7.97. The van der Waals surface area contributed by atoms with Crippen molar-refractivity contribution in [3.63, 3.8) is 0 Å². The SMILES string of the molecule is C=C/C=C/c1ccccc1/C=C\C(C)=C\CC. The highest BCUT2D eigenvalue weighted by atomic mass is 14.0.